The molecule has 4 rings (SSSR count). The van der Waals surface area contributed by atoms with E-state index in [4.69, 9.17) is 4.74 Å². The van der Waals surface area contributed by atoms with Crippen molar-refractivity contribution >= 4 is 35.4 Å². The lowest BCUT2D eigenvalue weighted by Gasteiger charge is -2.51. The SMILES string of the molecule is C[C@H](OC(=O)C1C[C@H]2CCC[C@@H](C1)C21SCCS1)C(=O)NC1CC1. The van der Waals surface area contributed by atoms with Crippen LogP contribution in [0.4, 0.5) is 0 Å². The van der Waals surface area contributed by atoms with E-state index in [-0.39, 0.29) is 17.8 Å². The third kappa shape index (κ3) is 3.20. The van der Waals surface area contributed by atoms with Crippen LogP contribution in [0.5, 0.6) is 0 Å². The highest BCUT2D eigenvalue weighted by molar-refractivity contribution is 8.21. The van der Waals surface area contributed by atoms with Crippen LogP contribution in [0.3, 0.4) is 0 Å². The average molecular weight is 370 g/mol. The smallest absolute Gasteiger partial charge is 0.309 e. The summed E-state index contributed by atoms with van der Waals surface area (Å²) in [5.41, 5.74) is 0. The van der Waals surface area contributed by atoms with E-state index in [2.05, 4.69) is 28.8 Å². The van der Waals surface area contributed by atoms with Gasteiger partial charge in [-0.3, -0.25) is 9.59 Å². The Morgan fingerprint density at radius 1 is 1.08 bits per heavy atom. The van der Waals surface area contributed by atoms with Crippen LogP contribution in [0, 0.1) is 17.8 Å². The first kappa shape index (κ1) is 17.1. The van der Waals surface area contributed by atoms with Gasteiger partial charge < -0.3 is 10.1 Å². The molecule has 2 bridgehead atoms. The Bertz CT molecular complexity index is 500. The minimum Gasteiger partial charge on any atom is -0.452 e. The lowest BCUT2D eigenvalue weighted by Crippen LogP contribution is -2.48. The Morgan fingerprint density at radius 3 is 2.29 bits per heavy atom. The summed E-state index contributed by atoms with van der Waals surface area (Å²) in [5, 5.41) is 2.92. The zero-order chi connectivity index (χ0) is 16.7. The molecule has 1 aliphatic heterocycles. The van der Waals surface area contributed by atoms with Gasteiger partial charge in [0.2, 0.25) is 0 Å². The molecule has 1 heterocycles. The van der Waals surface area contributed by atoms with Crippen molar-refractivity contribution in [2.75, 3.05) is 11.5 Å². The number of nitrogens with one attached hydrogen (secondary N) is 1. The second kappa shape index (κ2) is 6.75. The number of ether oxygens (including phenoxy) is 1. The minimum atomic E-state index is -0.663. The van der Waals surface area contributed by atoms with Crippen molar-refractivity contribution in [3.63, 3.8) is 0 Å². The first-order chi connectivity index (χ1) is 11.6. The summed E-state index contributed by atoms with van der Waals surface area (Å²) in [7, 11) is 0. The minimum absolute atomic E-state index is 0.0103. The highest BCUT2D eigenvalue weighted by Crippen LogP contribution is 2.64. The molecular formula is C18H27NO3S2. The lowest BCUT2D eigenvalue weighted by molar-refractivity contribution is -0.161. The summed E-state index contributed by atoms with van der Waals surface area (Å²) in [6, 6.07) is 0.309. The van der Waals surface area contributed by atoms with E-state index < -0.39 is 6.10 Å². The molecule has 4 fully saturated rings. The van der Waals surface area contributed by atoms with E-state index in [9.17, 15) is 9.59 Å². The largest absolute Gasteiger partial charge is 0.452 e. The predicted molar refractivity (Wildman–Crippen MR) is 97.9 cm³/mol. The van der Waals surface area contributed by atoms with Gasteiger partial charge in [-0.05, 0) is 57.3 Å². The number of carbonyl (C=O) groups is 2. The predicted octanol–water partition coefficient (Wildman–Crippen LogP) is 3.20. The Kier molecular flexibility index (Phi) is 4.80. The molecule has 0 aromatic carbocycles. The second-order valence-corrected chi connectivity index (χ2v) is 10.8. The Hall–Kier alpha value is -0.360. The molecule has 4 aliphatic rings. The maximum Gasteiger partial charge on any atom is 0.309 e. The number of carbonyl (C=O) groups excluding carboxylic acids is 2. The molecule has 1 saturated heterocycles. The summed E-state index contributed by atoms with van der Waals surface area (Å²) in [6.07, 6.45) is 7.14. The molecule has 0 radical (unpaired) electrons. The average Bonchev–Trinajstić information content (AvgIpc) is 3.23. The Labute approximate surface area is 152 Å². The quantitative estimate of drug-likeness (QED) is 0.771. The lowest BCUT2D eigenvalue weighted by atomic mass is 9.67. The van der Waals surface area contributed by atoms with Crippen molar-refractivity contribution < 1.29 is 14.3 Å². The van der Waals surface area contributed by atoms with E-state index in [0.29, 0.717) is 22.0 Å². The van der Waals surface area contributed by atoms with Crippen LogP contribution in [0.2, 0.25) is 0 Å². The van der Waals surface area contributed by atoms with Crippen LogP contribution in [0.1, 0.15) is 51.9 Å². The van der Waals surface area contributed by atoms with E-state index >= 15 is 0 Å². The normalized spacial score (nSPS) is 35.5. The molecule has 4 nitrogen and oxygen atoms in total. The van der Waals surface area contributed by atoms with Gasteiger partial charge >= 0.3 is 5.97 Å². The summed E-state index contributed by atoms with van der Waals surface area (Å²) in [6.45, 7) is 1.70. The molecule has 0 aromatic heterocycles. The zero-order valence-corrected chi connectivity index (χ0v) is 15.9. The molecule has 1 unspecified atom stereocenters. The van der Waals surface area contributed by atoms with Crippen molar-refractivity contribution in [3.05, 3.63) is 0 Å². The molecule has 24 heavy (non-hydrogen) atoms. The van der Waals surface area contributed by atoms with Crippen LogP contribution < -0.4 is 5.32 Å². The van der Waals surface area contributed by atoms with Crippen LogP contribution in [-0.4, -0.2) is 39.6 Å². The van der Waals surface area contributed by atoms with Gasteiger partial charge in [0.25, 0.3) is 5.91 Å². The molecule has 1 amide bonds. The van der Waals surface area contributed by atoms with Crippen molar-refractivity contribution in [1.82, 2.24) is 5.32 Å². The summed E-state index contributed by atoms with van der Waals surface area (Å²) < 4.78 is 5.91. The van der Waals surface area contributed by atoms with Crippen molar-refractivity contribution in [2.45, 2.75) is 68.1 Å². The van der Waals surface area contributed by atoms with Crippen LogP contribution in [0.25, 0.3) is 0 Å². The first-order valence-electron chi connectivity index (χ1n) is 9.37. The van der Waals surface area contributed by atoms with Crippen molar-refractivity contribution in [2.24, 2.45) is 17.8 Å². The van der Waals surface area contributed by atoms with E-state index in [1.54, 1.807) is 6.92 Å². The highest BCUT2D eigenvalue weighted by Gasteiger charge is 2.55. The van der Waals surface area contributed by atoms with Crippen molar-refractivity contribution in [1.29, 1.82) is 0 Å². The third-order valence-corrected chi connectivity index (χ3v) is 10.1. The fourth-order valence-electron chi connectivity index (χ4n) is 4.67. The third-order valence-electron chi connectivity index (χ3n) is 6.04. The van der Waals surface area contributed by atoms with Gasteiger partial charge in [-0.15, -0.1) is 23.5 Å². The topological polar surface area (TPSA) is 55.4 Å². The molecule has 1 N–H and O–H groups in total. The summed E-state index contributed by atoms with van der Waals surface area (Å²) in [5.74, 6) is 3.49. The summed E-state index contributed by atoms with van der Waals surface area (Å²) in [4.78, 5) is 24.6. The van der Waals surface area contributed by atoms with E-state index in [1.807, 2.05) is 0 Å². The van der Waals surface area contributed by atoms with Gasteiger partial charge in [0.05, 0.1) is 10.00 Å². The molecule has 3 saturated carbocycles. The summed E-state index contributed by atoms with van der Waals surface area (Å²) >= 11 is 4.30. The second-order valence-electron chi connectivity index (χ2n) is 7.77. The maximum absolute atomic E-state index is 12.6. The Morgan fingerprint density at radius 2 is 1.71 bits per heavy atom. The van der Waals surface area contributed by atoms with Crippen molar-refractivity contribution in [3.8, 4) is 0 Å². The Balaban J connectivity index is 1.36. The van der Waals surface area contributed by atoms with E-state index in [0.717, 1.165) is 25.7 Å². The van der Waals surface area contributed by atoms with Gasteiger partial charge in [-0.2, -0.15) is 0 Å². The van der Waals surface area contributed by atoms with Gasteiger partial charge in [-0.25, -0.2) is 0 Å². The molecular weight excluding hydrogens is 342 g/mol. The number of hydrogen-bond donors (Lipinski definition) is 1. The van der Waals surface area contributed by atoms with Gasteiger partial charge in [0.1, 0.15) is 0 Å². The molecule has 3 aliphatic carbocycles. The number of hydrogen-bond acceptors (Lipinski definition) is 5. The molecule has 1 spiro atoms. The number of amides is 1. The number of rotatable bonds is 4. The standard InChI is InChI=1S/C18H27NO3S2/c1-11(16(20)19-15-5-6-15)22-17(21)12-9-13-3-2-4-14(10-12)18(13)23-7-8-24-18/h11-15H,2-10H2,1H3,(H,19,20)/t11-,12?,13-,14+/m0/s1. The van der Waals surface area contributed by atoms with Crippen LogP contribution in [0.15, 0.2) is 0 Å². The molecule has 6 heteroatoms. The van der Waals surface area contributed by atoms with Gasteiger partial charge in [-0.1, -0.05) is 6.42 Å². The number of esters is 1. The van der Waals surface area contributed by atoms with Gasteiger partial charge in [0, 0.05) is 17.5 Å². The van der Waals surface area contributed by atoms with Gasteiger partial charge in [0.15, 0.2) is 6.10 Å². The fraction of sp³-hybridized carbons (Fsp3) is 0.889. The maximum atomic E-state index is 12.6. The zero-order valence-electron chi connectivity index (χ0n) is 14.3. The first-order valence-corrected chi connectivity index (χ1v) is 11.3. The van der Waals surface area contributed by atoms with Crippen LogP contribution >= 0.6 is 23.5 Å². The molecule has 0 aromatic rings. The van der Waals surface area contributed by atoms with Crippen LogP contribution in [-0.2, 0) is 14.3 Å². The molecule has 4 atom stereocenters. The fourth-order valence-corrected chi connectivity index (χ4v) is 8.61. The number of thioether (sulfide) groups is 2. The monoisotopic (exact) mass is 369 g/mol. The highest BCUT2D eigenvalue weighted by atomic mass is 32.2. The van der Waals surface area contributed by atoms with E-state index in [1.165, 1.54) is 30.8 Å². The molecule has 134 valence electrons.